The van der Waals surface area contributed by atoms with Crippen LogP contribution in [0.25, 0.3) is 0 Å². The molecule has 0 aromatic carbocycles. The van der Waals surface area contributed by atoms with Crippen molar-refractivity contribution in [1.29, 1.82) is 0 Å². The highest BCUT2D eigenvalue weighted by molar-refractivity contribution is 7.93. The number of rotatable bonds is 5. The van der Waals surface area contributed by atoms with Gasteiger partial charge in [-0.2, -0.15) is 0 Å². The standard InChI is InChI=1S/C17H21N3O3S2/c21-17(20-9-2-1-3-10-20)19-13-15(14-6-4-8-18-12-14)25(22,23)16-7-5-11-24-16/h4-8,11-12,15H,1-3,9-10,13H2,(H,19,21)/t15-/m1/s1. The summed E-state index contributed by atoms with van der Waals surface area (Å²) in [5.41, 5.74) is 0.579. The molecule has 6 nitrogen and oxygen atoms in total. The molecule has 0 unspecified atom stereocenters. The number of carbonyl (C=O) groups is 1. The van der Waals surface area contributed by atoms with Crippen molar-refractivity contribution in [2.45, 2.75) is 28.7 Å². The first-order chi connectivity index (χ1) is 12.1. The highest BCUT2D eigenvalue weighted by Crippen LogP contribution is 2.30. The second kappa shape index (κ2) is 7.97. The van der Waals surface area contributed by atoms with Crippen LogP contribution in [0.3, 0.4) is 0 Å². The molecule has 134 valence electrons. The fourth-order valence-electron chi connectivity index (χ4n) is 2.93. The Kier molecular flexibility index (Phi) is 5.70. The van der Waals surface area contributed by atoms with Crippen molar-refractivity contribution in [3.63, 3.8) is 0 Å². The molecule has 1 N–H and O–H groups in total. The molecular weight excluding hydrogens is 358 g/mol. The van der Waals surface area contributed by atoms with E-state index < -0.39 is 15.1 Å². The van der Waals surface area contributed by atoms with Gasteiger partial charge in [-0.25, -0.2) is 13.2 Å². The van der Waals surface area contributed by atoms with Crippen LogP contribution in [-0.4, -0.2) is 44.0 Å². The minimum atomic E-state index is -3.59. The van der Waals surface area contributed by atoms with Gasteiger partial charge in [-0.1, -0.05) is 12.1 Å². The lowest BCUT2D eigenvalue weighted by Crippen LogP contribution is -2.44. The van der Waals surface area contributed by atoms with Crippen LogP contribution >= 0.6 is 11.3 Å². The molecule has 3 rings (SSSR count). The number of hydrogen-bond acceptors (Lipinski definition) is 5. The maximum absolute atomic E-state index is 13.0. The summed E-state index contributed by atoms with van der Waals surface area (Å²) in [5, 5.41) is 3.69. The summed E-state index contributed by atoms with van der Waals surface area (Å²) in [5.74, 6) is 0. The molecule has 2 aromatic rings. The van der Waals surface area contributed by atoms with Crippen LogP contribution in [0.15, 0.2) is 46.2 Å². The van der Waals surface area contributed by atoms with Crippen LogP contribution in [0.4, 0.5) is 4.79 Å². The number of piperidine rings is 1. The third-order valence-electron chi connectivity index (χ3n) is 4.29. The molecule has 25 heavy (non-hydrogen) atoms. The zero-order valence-electron chi connectivity index (χ0n) is 13.8. The predicted molar refractivity (Wildman–Crippen MR) is 97.3 cm³/mol. The summed E-state index contributed by atoms with van der Waals surface area (Å²) in [6.45, 7) is 1.48. The molecule has 3 heterocycles. The molecule has 1 saturated heterocycles. The molecule has 2 amide bonds. The van der Waals surface area contributed by atoms with Crippen LogP contribution in [0.2, 0.25) is 0 Å². The number of urea groups is 1. The van der Waals surface area contributed by atoms with Crippen molar-refractivity contribution in [2.75, 3.05) is 19.6 Å². The zero-order valence-corrected chi connectivity index (χ0v) is 15.4. The lowest BCUT2D eigenvalue weighted by molar-refractivity contribution is 0.186. The van der Waals surface area contributed by atoms with E-state index >= 15 is 0 Å². The van der Waals surface area contributed by atoms with Crippen LogP contribution in [0.1, 0.15) is 30.1 Å². The molecular formula is C17H21N3O3S2. The van der Waals surface area contributed by atoms with E-state index in [9.17, 15) is 13.2 Å². The number of pyridine rings is 1. The van der Waals surface area contributed by atoms with Crippen LogP contribution in [-0.2, 0) is 9.84 Å². The van der Waals surface area contributed by atoms with Crippen LogP contribution < -0.4 is 5.32 Å². The number of nitrogens with zero attached hydrogens (tertiary/aromatic N) is 2. The molecule has 1 atom stereocenters. The van der Waals surface area contributed by atoms with E-state index in [1.54, 1.807) is 46.9 Å². The monoisotopic (exact) mass is 379 g/mol. The van der Waals surface area contributed by atoms with Gasteiger partial charge < -0.3 is 10.2 Å². The van der Waals surface area contributed by atoms with Crippen molar-refractivity contribution in [1.82, 2.24) is 15.2 Å². The van der Waals surface area contributed by atoms with Crippen molar-refractivity contribution in [3.05, 3.63) is 47.6 Å². The van der Waals surface area contributed by atoms with Gasteiger partial charge in [0.15, 0.2) is 9.84 Å². The zero-order chi connectivity index (χ0) is 17.7. The Labute approximate surface area is 151 Å². The van der Waals surface area contributed by atoms with E-state index in [-0.39, 0.29) is 12.6 Å². The van der Waals surface area contributed by atoms with Gasteiger partial charge in [0.05, 0.1) is 0 Å². The van der Waals surface area contributed by atoms with Gasteiger partial charge in [-0.3, -0.25) is 4.98 Å². The normalized spacial score (nSPS) is 16.4. The molecule has 0 spiro atoms. The number of hydrogen-bond donors (Lipinski definition) is 1. The number of thiophene rings is 1. The Bertz CT molecular complexity index is 786. The lowest BCUT2D eigenvalue weighted by atomic mass is 10.1. The quantitative estimate of drug-likeness (QED) is 0.866. The Morgan fingerprint density at radius 1 is 1.24 bits per heavy atom. The lowest BCUT2D eigenvalue weighted by Gasteiger charge is -2.27. The molecule has 1 fully saturated rings. The molecule has 1 aliphatic rings. The minimum absolute atomic E-state index is 0.0290. The second-order valence-corrected chi connectivity index (χ2v) is 9.29. The Balaban J connectivity index is 1.79. The van der Waals surface area contributed by atoms with Crippen molar-refractivity contribution in [3.8, 4) is 0 Å². The molecule has 0 saturated carbocycles. The molecule has 0 bridgehead atoms. The van der Waals surface area contributed by atoms with Gasteiger partial charge in [0.2, 0.25) is 0 Å². The van der Waals surface area contributed by atoms with Gasteiger partial charge >= 0.3 is 6.03 Å². The highest BCUT2D eigenvalue weighted by atomic mass is 32.2. The largest absolute Gasteiger partial charge is 0.336 e. The van der Waals surface area contributed by atoms with E-state index in [0.717, 1.165) is 32.4 Å². The third-order valence-corrected chi connectivity index (χ3v) is 7.82. The maximum atomic E-state index is 13.0. The van der Waals surface area contributed by atoms with Crippen molar-refractivity contribution < 1.29 is 13.2 Å². The number of sulfone groups is 1. The summed E-state index contributed by atoms with van der Waals surface area (Å²) in [6, 6.07) is 6.55. The molecule has 0 aliphatic carbocycles. The molecule has 2 aromatic heterocycles. The SMILES string of the molecule is O=C(NC[C@H](c1cccnc1)S(=O)(=O)c1cccs1)N1CCCCC1. The van der Waals surface area contributed by atoms with Gasteiger partial charge in [0.25, 0.3) is 0 Å². The Morgan fingerprint density at radius 3 is 2.68 bits per heavy atom. The van der Waals surface area contributed by atoms with E-state index in [4.69, 9.17) is 0 Å². The number of carbonyl (C=O) groups excluding carboxylic acids is 1. The third kappa shape index (κ3) is 4.19. The first-order valence-electron chi connectivity index (χ1n) is 8.29. The minimum Gasteiger partial charge on any atom is -0.336 e. The Morgan fingerprint density at radius 2 is 2.04 bits per heavy atom. The molecule has 8 heteroatoms. The average Bonchev–Trinajstić information content (AvgIpc) is 3.19. The first-order valence-corrected chi connectivity index (χ1v) is 10.7. The average molecular weight is 380 g/mol. The molecule has 1 aliphatic heterocycles. The number of likely N-dealkylation sites (tertiary alicyclic amines) is 1. The van der Waals surface area contributed by atoms with Crippen molar-refractivity contribution in [2.24, 2.45) is 0 Å². The Hall–Kier alpha value is -1.93. The van der Waals surface area contributed by atoms with E-state index in [0.29, 0.717) is 9.77 Å². The highest BCUT2D eigenvalue weighted by Gasteiger charge is 2.31. The number of nitrogens with one attached hydrogen (secondary N) is 1. The predicted octanol–water partition coefficient (Wildman–Crippen LogP) is 2.85. The number of aromatic nitrogens is 1. The van der Waals surface area contributed by atoms with Gasteiger partial charge in [-0.15, -0.1) is 11.3 Å². The maximum Gasteiger partial charge on any atom is 0.317 e. The smallest absolute Gasteiger partial charge is 0.317 e. The summed E-state index contributed by atoms with van der Waals surface area (Å²) in [6.07, 6.45) is 6.27. The van der Waals surface area contributed by atoms with E-state index in [1.807, 2.05) is 0 Å². The molecule has 0 radical (unpaired) electrons. The first kappa shape index (κ1) is 17.9. The summed E-state index contributed by atoms with van der Waals surface area (Å²) < 4.78 is 26.3. The summed E-state index contributed by atoms with van der Waals surface area (Å²) in [7, 11) is -3.59. The topological polar surface area (TPSA) is 79.4 Å². The van der Waals surface area contributed by atoms with E-state index in [1.165, 1.54) is 11.3 Å². The van der Waals surface area contributed by atoms with Gasteiger partial charge in [0.1, 0.15) is 9.46 Å². The van der Waals surface area contributed by atoms with Gasteiger partial charge in [-0.05, 0) is 42.3 Å². The van der Waals surface area contributed by atoms with Crippen LogP contribution in [0, 0.1) is 0 Å². The van der Waals surface area contributed by atoms with E-state index in [2.05, 4.69) is 10.3 Å². The summed E-state index contributed by atoms with van der Waals surface area (Å²) in [4.78, 5) is 18.1. The number of amides is 2. The van der Waals surface area contributed by atoms with Crippen LogP contribution in [0.5, 0.6) is 0 Å². The summed E-state index contributed by atoms with van der Waals surface area (Å²) >= 11 is 1.18. The second-order valence-electron chi connectivity index (χ2n) is 5.99. The fourth-order valence-corrected chi connectivity index (χ4v) is 5.78. The van der Waals surface area contributed by atoms with Gasteiger partial charge in [0, 0.05) is 32.0 Å². The van der Waals surface area contributed by atoms with Crippen molar-refractivity contribution >= 4 is 27.2 Å². The fraction of sp³-hybridized carbons (Fsp3) is 0.412.